The van der Waals surface area contributed by atoms with Crippen molar-refractivity contribution in [3.63, 3.8) is 0 Å². The molecule has 0 radical (unpaired) electrons. The number of carbonyl (C=O) groups is 1. The van der Waals surface area contributed by atoms with E-state index in [9.17, 15) is 4.79 Å². The number of aromatic nitrogens is 4. The van der Waals surface area contributed by atoms with E-state index in [1.807, 2.05) is 6.92 Å². The second-order valence-electron chi connectivity index (χ2n) is 4.18. The SMILES string of the molecule is CCOc1c(OC)cc(-c2nnn(CC(=O)O)n2)cc1OC. The van der Waals surface area contributed by atoms with Crippen molar-refractivity contribution in [1.29, 1.82) is 0 Å². The summed E-state index contributed by atoms with van der Waals surface area (Å²) in [6.45, 7) is 1.95. The number of carboxylic acid groups (broad SMARTS) is 1. The molecule has 1 aromatic heterocycles. The molecule has 0 aliphatic heterocycles. The summed E-state index contributed by atoms with van der Waals surface area (Å²) in [6.07, 6.45) is 0. The second-order valence-corrected chi connectivity index (χ2v) is 4.18. The lowest BCUT2D eigenvalue weighted by Crippen LogP contribution is -2.11. The monoisotopic (exact) mass is 308 g/mol. The van der Waals surface area contributed by atoms with Gasteiger partial charge >= 0.3 is 5.97 Å². The molecule has 0 fully saturated rings. The average molecular weight is 308 g/mol. The first kappa shape index (κ1) is 15.5. The van der Waals surface area contributed by atoms with Crippen LogP contribution in [-0.4, -0.2) is 52.1 Å². The highest BCUT2D eigenvalue weighted by Gasteiger charge is 2.17. The molecule has 0 spiro atoms. The summed E-state index contributed by atoms with van der Waals surface area (Å²) in [7, 11) is 3.02. The van der Waals surface area contributed by atoms with Crippen molar-refractivity contribution in [3.8, 4) is 28.6 Å². The quantitative estimate of drug-likeness (QED) is 0.801. The van der Waals surface area contributed by atoms with Gasteiger partial charge in [-0.25, -0.2) is 0 Å². The molecule has 9 nitrogen and oxygen atoms in total. The Morgan fingerprint density at radius 2 is 1.91 bits per heavy atom. The van der Waals surface area contributed by atoms with E-state index in [1.165, 1.54) is 14.2 Å². The van der Waals surface area contributed by atoms with Gasteiger partial charge in [0.05, 0.1) is 20.8 Å². The van der Waals surface area contributed by atoms with Crippen molar-refractivity contribution in [3.05, 3.63) is 12.1 Å². The molecule has 0 saturated heterocycles. The van der Waals surface area contributed by atoms with Crippen LogP contribution in [-0.2, 0) is 11.3 Å². The molecular weight excluding hydrogens is 292 g/mol. The molecule has 0 aliphatic rings. The van der Waals surface area contributed by atoms with Gasteiger partial charge in [0.1, 0.15) is 0 Å². The Hall–Kier alpha value is -2.84. The standard InChI is InChI=1S/C13H16N4O5/c1-4-22-12-9(20-2)5-8(6-10(12)21-3)13-14-16-17(15-13)7-11(18)19/h5-6H,4,7H2,1-3H3,(H,18,19). The molecule has 0 unspecified atom stereocenters. The molecule has 2 rings (SSSR count). The molecule has 1 aromatic carbocycles. The predicted octanol–water partition coefficient (Wildman–Crippen LogP) is 0.841. The molecule has 1 heterocycles. The molecule has 118 valence electrons. The lowest BCUT2D eigenvalue weighted by atomic mass is 10.1. The minimum absolute atomic E-state index is 0.265. The van der Waals surface area contributed by atoms with Gasteiger partial charge in [0.15, 0.2) is 18.0 Å². The fourth-order valence-corrected chi connectivity index (χ4v) is 1.84. The Morgan fingerprint density at radius 1 is 1.27 bits per heavy atom. The Balaban J connectivity index is 2.42. The Labute approximate surface area is 126 Å². The summed E-state index contributed by atoms with van der Waals surface area (Å²) in [6, 6.07) is 3.35. The summed E-state index contributed by atoms with van der Waals surface area (Å²) >= 11 is 0. The molecular formula is C13H16N4O5. The van der Waals surface area contributed by atoms with Crippen molar-refractivity contribution in [2.45, 2.75) is 13.5 Å². The number of carboxylic acids is 1. The number of rotatable bonds is 7. The van der Waals surface area contributed by atoms with Gasteiger partial charge in [0, 0.05) is 5.56 Å². The van der Waals surface area contributed by atoms with E-state index in [-0.39, 0.29) is 12.4 Å². The van der Waals surface area contributed by atoms with Gasteiger partial charge in [-0.15, -0.1) is 10.2 Å². The zero-order valence-electron chi connectivity index (χ0n) is 12.4. The van der Waals surface area contributed by atoms with E-state index in [2.05, 4.69) is 15.4 Å². The number of ether oxygens (including phenoxy) is 3. The van der Waals surface area contributed by atoms with Crippen LogP contribution in [0.2, 0.25) is 0 Å². The topological polar surface area (TPSA) is 109 Å². The molecule has 22 heavy (non-hydrogen) atoms. The molecule has 0 saturated carbocycles. The molecule has 0 amide bonds. The number of tetrazole rings is 1. The molecule has 1 N–H and O–H groups in total. The summed E-state index contributed by atoms with van der Waals surface area (Å²) in [5, 5.41) is 20.2. The Kier molecular flexibility index (Phi) is 4.77. The van der Waals surface area contributed by atoms with Gasteiger partial charge in [0.2, 0.25) is 11.6 Å². The molecule has 2 aromatic rings. The third-order valence-electron chi connectivity index (χ3n) is 2.74. The summed E-state index contributed by atoms with van der Waals surface area (Å²) in [5.41, 5.74) is 0.578. The zero-order chi connectivity index (χ0) is 16.1. The van der Waals surface area contributed by atoms with Gasteiger partial charge in [-0.3, -0.25) is 4.79 Å². The largest absolute Gasteiger partial charge is 0.493 e. The van der Waals surface area contributed by atoms with Gasteiger partial charge in [-0.2, -0.15) is 4.80 Å². The summed E-state index contributed by atoms with van der Waals surface area (Å²) in [4.78, 5) is 11.6. The molecule has 9 heteroatoms. The van der Waals surface area contributed by atoms with Crippen LogP contribution in [0.1, 0.15) is 6.92 Å². The average Bonchev–Trinajstić information content (AvgIpc) is 2.95. The highest BCUT2D eigenvalue weighted by Crippen LogP contribution is 2.40. The first-order valence-corrected chi connectivity index (χ1v) is 6.47. The molecule has 0 atom stereocenters. The Bertz CT molecular complexity index is 645. The lowest BCUT2D eigenvalue weighted by molar-refractivity contribution is -0.138. The van der Waals surface area contributed by atoms with Crippen LogP contribution in [0.5, 0.6) is 17.2 Å². The highest BCUT2D eigenvalue weighted by molar-refractivity contribution is 5.67. The highest BCUT2D eigenvalue weighted by atomic mass is 16.5. The number of benzene rings is 1. The second kappa shape index (κ2) is 6.74. The third kappa shape index (κ3) is 3.25. The van der Waals surface area contributed by atoms with E-state index >= 15 is 0 Å². The fraction of sp³-hybridized carbons (Fsp3) is 0.385. The normalized spacial score (nSPS) is 10.3. The number of hydrogen-bond donors (Lipinski definition) is 1. The van der Waals surface area contributed by atoms with E-state index < -0.39 is 5.97 Å². The van der Waals surface area contributed by atoms with E-state index in [0.717, 1.165) is 4.80 Å². The lowest BCUT2D eigenvalue weighted by Gasteiger charge is -2.14. The Morgan fingerprint density at radius 3 is 2.41 bits per heavy atom. The van der Waals surface area contributed by atoms with E-state index in [1.54, 1.807) is 12.1 Å². The van der Waals surface area contributed by atoms with Crippen molar-refractivity contribution >= 4 is 5.97 Å². The van der Waals surface area contributed by atoms with E-state index in [0.29, 0.717) is 29.4 Å². The van der Waals surface area contributed by atoms with Crippen LogP contribution < -0.4 is 14.2 Å². The van der Waals surface area contributed by atoms with Crippen molar-refractivity contribution in [1.82, 2.24) is 20.2 Å². The molecule has 0 bridgehead atoms. The number of aliphatic carboxylic acids is 1. The maximum absolute atomic E-state index is 10.6. The molecule has 0 aliphatic carbocycles. The zero-order valence-corrected chi connectivity index (χ0v) is 12.4. The third-order valence-corrected chi connectivity index (χ3v) is 2.74. The maximum atomic E-state index is 10.6. The fourth-order valence-electron chi connectivity index (χ4n) is 1.84. The van der Waals surface area contributed by atoms with Crippen LogP contribution >= 0.6 is 0 Å². The van der Waals surface area contributed by atoms with Crippen LogP contribution in [0, 0.1) is 0 Å². The van der Waals surface area contributed by atoms with Crippen molar-refractivity contribution < 1.29 is 24.1 Å². The van der Waals surface area contributed by atoms with Gasteiger partial charge in [0.25, 0.3) is 0 Å². The summed E-state index contributed by atoms with van der Waals surface area (Å²) in [5.74, 6) is 0.623. The minimum atomic E-state index is -1.05. The van der Waals surface area contributed by atoms with Crippen LogP contribution in [0.15, 0.2) is 12.1 Å². The van der Waals surface area contributed by atoms with Gasteiger partial charge in [-0.05, 0) is 24.3 Å². The van der Waals surface area contributed by atoms with Crippen LogP contribution in [0.4, 0.5) is 0 Å². The van der Waals surface area contributed by atoms with Gasteiger partial charge < -0.3 is 19.3 Å². The summed E-state index contributed by atoms with van der Waals surface area (Å²) < 4.78 is 16.1. The number of hydrogen-bond acceptors (Lipinski definition) is 7. The van der Waals surface area contributed by atoms with Crippen LogP contribution in [0.3, 0.4) is 0 Å². The first-order chi connectivity index (χ1) is 10.6. The number of nitrogens with zero attached hydrogens (tertiary/aromatic N) is 4. The van der Waals surface area contributed by atoms with Crippen molar-refractivity contribution in [2.75, 3.05) is 20.8 Å². The minimum Gasteiger partial charge on any atom is -0.493 e. The smallest absolute Gasteiger partial charge is 0.327 e. The van der Waals surface area contributed by atoms with Crippen molar-refractivity contribution in [2.24, 2.45) is 0 Å². The first-order valence-electron chi connectivity index (χ1n) is 6.47. The van der Waals surface area contributed by atoms with Crippen LogP contribution in [0.25, 0.3) is 11.4 Å². The maximum Gasteiger partial charge on any atom is 0.327 e. The predicted molar refractivity (Wildman–Crippen MR) is 75.2 cm³/mol. The number of methoxy groups -OCH3 is 2. The van der Waals surface area contributed by atoms with E-state index in [4.69, 9.17) is 19.3 Å². The van der Waals surface area contributed by atoms with Gasteiger partial charge in [-0.1, -0.05) is 0 Å².